The van der Waals surface area contributed by atoms with Gasteiger partial charge in [0.05, 0.1) is 12.5 Å². The predicted molar refractivity (Wildman–Crippen MR) is 152 cm³/mol. The Morgan fingerprint density at radius 2 is 1.55 bits per heavy atom. The van der Waals surface area contributed by atoms with Gasteiger partial charge in [0.15, 0.2) is 0 Å². The first-order valence-corrected chi connectivity index (χ1v) is 14.2. The van der Waals surface area contributed by atoms with E-state index in [0.717, 1.165) is 54.6 Å². The smallest absolute Gasteiger partial charge is 0.330 e. The van der Waals surface area contributed by atoms with Gasteiger partial charge in [-0.15, -0.1) is 0 Å². The first kappa shape index (κ1) is 27.7. The highest BCUT2D eigenvalue weighted by Gasteiger charge is 2.33. The van der Waals surface area contributed by atoms with Crippen LogP contribution in [-0.2, 0) is 20.7 Å². The average molecular weight is 519 g/mol. The lowest BCUT2D eigenvalue weighted by Crippen LogP contribution is -2.30. The Balaban J connectivity index is 1.16. The molecule has 38 heavy (non-hydrogen) atoms. The Kier molecular flexibility index (Phi) is 9.85. The van der Waals surface area contributed by atoms with Crippen molar-refractivity contribution in [3.05, 3.63) is 59.7 Å². The molecular formula is C32H42N2O4. The molecule has 0 bridgehead atoms. The Bertz CT molecular complexity index is 1090. The maximum Gasteiger partial charge on any atom is 0.330 e. The van der Waals surface area contributed by atoms with Crippen molar-refractivity contribution in [3.8, 4) is 5.75 Å². The number of hydrogen-bond acceptors (Lipinski definition) is 6. The quantitative estimate of drug-likeness (QED) is 0.168. The zero-order valence-corrected chi connectivity index (χ0v) is 22.6. The van der Waals surface area contributed by atoms with E-state index in [9.17, 15) is 9.59 Å². The molecule has 4 rings (SSSR count). The monoisotopic (exact) mass is 518 g/mol. The average Bonchev–Trinajstić information content (AvgIpc) is 2.94. The number of rotatable bonds is 9. The van der Waals surface area contributed by atoms with Gasteiger partial charge in [0.25, 0.3) is 0 Å². The first-order chi connectivity index (χ1) is 18.4. The molecule has 0 radical (unpaired) electrons. The molecular weight excluding hydrogens is 476 g/mol. The van der Waals surface area contributed by atoms with Gasteiger partial charge in [-0.05, 0) is 97.7 Å². The fourth-order valence-electron chi connectivity index (χ4n) is 6.06. The fraction of sp³-hybridized carbons (Fsp3) is 0.500. The third kappa shape index (κ3) is 7.86. The van der Waals surface area contributed by atoms with E-state index in [1.807, 2.05) is 18.2 Å². The van der Waals surface area contributed by atoms with Gasteiger partial charge < -0.3 is 20.9 Å². The molecule has 0 aliphatic heterocycles. The minimum absolute atomic E-state index is 0.00355. The second-order valence-electron chi connectivity index (χ2n) is 11.0. The predicted octanol–water partition coefficient (Wildman–Crippen LogP) is 6.58. The molecule has 0 atom stereocenters. The lowest BCUT2D eigenvalue weighted by Gasteiger charge is -2.37. The van der Waals surface area contributed by atoms with Crippen LogP contribution in [0.3, 0.4) is 0 Å². The van der Waals surface area contributed by atoms with Crippen LogP contribution in [-0.4, -0.2) is 18.5 Å². The van der Waals surface area contributed by atoms with Gasteiger partial charge in [-0.25, -0.2) is 4.79 Å². The topological polar surface area (TPSA) is 105 Å². The molecule has 2 saturated carbocycles. The van der Waals surface area contributed by atoms with Crippen molar-refractivity contribution in [1.82, 2.24) is 0 Å². The molecule has 0 heterocycles. The van der Waals surface area contributed by atoms with E-state index in [4.69, 9.17) is 20.9 Å². The minimum Gasteiger partial charge on any atom is -0.462 e. The number of benzene rings is 2. The molecule has 6 nitrogen and oxygen atoms in total. The molecule has 0 amide bonds. The number of esters is 2. The summed E-state index contributed by atoms with van der Waals surface area (Å²) in [6, 6.07) is 12.5. The maximum atomic E-state index is 12.8. The molecule has 0 saturated heterocycles. The zero-order chi connectivity index (χ0) is 26.9. The first-order valence-electron chi connectivity index (χ1n) is 14.2. The van der Waals surface area contributed by atoms with Gasteiger partial charge in [0.1, 0.15) is 5.75 Å². The highest BCUT2D eigenvalue weighted by molar-refractivity contribution is 5.87. The van der Waals surface area contributed by atoms with Crippen molar-refractivity contribution in [2.45, 2.75) is 71.1 Å². The highest BCUT2D eigenvalue weighted by atomic mass is 16.5. The van der Waals surface area contributed by atoms with E-state index in [-0.39, 0.29) is 18.5 Å². The van der Waals surface area contributed by atoms with Gasteiger partial charge in [-0.2, -0.15) is 0 Å². The van der Waals surface area contributed by atoms with Crippen molar-refractivity contribution in [2.24, 2.45) is 23.7 Å². The van der Waals surface area contributed by atoms with Crippen LogP contribution in [0.4, 0.5) is 11.4 Å². The molecule has 2 fully saturated rings. The molecule has 204 valence electrons. The van der Waals surface area contributed by atoms with Crippen molar-refractivity contribution < 1.29 is 19.1 Å². The van der Waals surface area contributed by atoms with Crippen LogP contribution >= 0.6 is 0 Å². The van der Waals surface area contributed by atoms with Crippen LogP contribution in [0.2, 0.25) is 0 Å². The Morgan fingerprint density at radius 3 is 2.18 bits per heavy atom. The van der Waals surface area contributed by atoms with Crippen molar-refractivity contribution in [1.29, 1.82) is 0 Å². The van der Waals surface area contributed by atoms with Crippen LogP contribution in [0, 0.1) is 23.7 Å². The van der Waals surface area contributed by atoms with Crippen molar-refractivity contribution >= 4 is 29.4 Å². The van der Waals surface area contributed by atoms with Crippen molar-refractivity contribution in [2.75, 3.05) is 18.1 Å². The SMILES string of the molecule is CCC1CCC(C2CCC(C(=O)Oc3ccc(/C=C/C(=O)OCCc4ccc(N)cc4N)cc3)CC2)CC1. The molecule has 0 aromatic heterocycles. The van der Waals surface area contributed by atoms with Gasteiger partial charge in [-0.1, -0.05) is 44.4 Å². The number of carbonyl (C=O) groups is 2. The number of nitrogen functional groups attached to an aromatic ring is 2. The van der Waals surface area contributed by atoms with E-state index in [2.05, 4.69) is 6.92 Å². The molecule has 4 N–H and O–H groups in total. The summed E-state index contributed by atoms with van der Waals surface area (Å²) in [6.45, 7) is 2.54. The summed E-state index contributed by atoms with van der Waals surface area (Å²) in [5, 5.41) is 0. The maximum absolute atomic E-state index is 12.8. The number of ether oxygens (including phenoxy) is 2. The zero-order valence-electron chi connectivity index (χ0n) is 22.6. The lowest BCUT2D eigenvalue weighted by molar-refractivity contribution is -0.140. The van der Waals surface area contributed by atoms with Gasteiger partial charge in [-0.3, -0.25) is 4.79 Å². The van der Waals surface area contributed by atoms with Crippen LogP contribution in [0.1, 0.15) is 75.8 Å². The number of carbonyl (C=O) groups excluding carboxylic acids is 2. The van der Waals surface area contributed by atoms with E-state index in [1.54, 1.807) is 30.3 Å². The molecule has 0 unspecified atom stereocenters. The van der Waals surface area contributed by atoms with Crippen LogP contribution in [0.5, 0.6) is 5.75 Å². The van der Waals surface area contributed by atoms with E-state index in [0.29, 0.717) is 23.5 Å². The second-order valence-corrected chi connectivity index (χ2v) is 11.0. The molecule has 6 heteroatoms. The second kappa shape index (κ2) is 13.5. The summed E-state index contributed by atoms with van der Waals surface area (Å²) in [5.41, 5.74) is 14.5. The third-order valence-corrected chi connectivity index (χ3v) is 8.54. The third-order valence-electron chi connectivity index (χ3n) is 8.54. The van der Waals surface area contributed by atoms with E-state index in [1.165, 1.54) is 38.2 Å². The molecule has 2 aromatic rings. The van der Waals surface area contributed by atoms with Crippen LogP contribution in [0.25, 0.3) is 6.08 Å². The standard InChI is InChI=1S/C32H42N2O4/c1-2-22-3-8-24(9-4-22)25-10-12-27(13-11-25)32(36)38-29-16-5-23(6-17-29)7-18-31(35)37-20-19-26-14-15-28(33)21-30(26)34/h5-7,14-18,21-22,24-25,27H,2-4,8-13,19-20,33-34H2,1H3/b18-7+. The minimum atomic E-state index is -0.427. The molecule has 2 aliphatic rings. The lowest BCUT2D eigenvalue weighted by atomic mass is 9.69. The summed E-state index contributed by atoms with van der Waals surface area (Å²) in [6.07, 6.45) is 14.6. The number of anilines is 2. The summed E-state index contributed by atoms with van der Waals surface area (Å²) < 4.78 is 11.0. The summed E-state index contributed by atoms with van der Waals surface area (Å²) in [4.78, 5) is 24.8. The van der Waals surface area contributed by atoms with Crippen LogP contribution in [0.15, 0.2) is 48.5 Å². The van der Waals surface area contributed by atoms with Gasteiger partial charge in [0.2, 0.25) is 0 Å². The van der Waals surface area contributed by atoms with E-state index >= 15 is 0 Å². The molecule has 2 aliphatic carbocycles. The summed E-state index contributed by atoms with van der Waals surface area (Å²) in [7, 11) is 0. The number of hydrogen-bond donors (Lipinski definition) is 2. The normalized spacial score (nSPS) is 23.7. The van der Waals surface area contributed by atoms with Crippen molar-refractivity contribution in [3.63, 3.8) is 0 Å². The van der Waals surface area contributed by atoms with Gasteiger partial charge in [0, 0.05) is 23.9 Å². The Hall–Kier alpha value is -3.28. The fourth-order valence-corrected chi connectivity index (χ4v) is 6.06. The van der Waals surface area contributed by atoms with Gasteiger partial charge >= 0.3 is 11.9 Å². The van der Waals surface area contributed by atoms with E-state index < -0.39 is 5.97 Å². The Morgan fingerprint density at radius 1 is 0.895 bits per heavy atom. The number of nitrogens with two attached hydrogens (primary N) is 2. The van der Waals surface area contributed by atoms with Crippen LogP contribution < -0.4 is 16.2 Å². The summed E-state index contributed by atoms with van der Waals surface area (Å²) >= 11 is 0. The highest BCUT2D eigenvalue weighted by Crippen LogP contribution is 2.42. The largest absolute Gasteiger partial charge is 0.462 e. The summed E-state index contributed by atoms with van der Waals surface area (Å²) in [5.74, 6) is 2.56. The Labute approximate surface area is 226 Å². The molecule has 0 spiro atoms. The molecule has 2 aromatic carbocycles.